The summed E-state index contributed by atoms with van der Waals surface area (Å²) in [5, 5.41) is 9.98. The predicted molar refractivity (Wildman–Crippen MR) is 79.4 cm³/mol. The molecule has 0 spiro atoms. The first-order valence-corrected chi connectivity index (χ1v) is 7.49. The van der Waals surface area contributed by atoms with Crippen molar-refractivity contribution in [3.05, 3.63) is 39.6 Å². The van der Waals surface area contributed by atoms with Crippen molar-refractivity contribution in [2.45, 2.75) is 12.1 Å². The van der Waals surface area contributed by atoms with Crippen molar-refractivity contribution in [1.29, 1.82) is 0 Å². The largest absolute Gasteiger partial charge is 0.481 e. The molecule has 0 bridgehead atoms. The van der Waals surface area contributed by atoms with Crippen molar-refractivity contribution in [3.8, 4) is 5.69 Å². The van der Waals surface area contributed by atoms with Gasteiger partial charge < -0.3 is 5.11 Å². The number of aliphatic carboxylic acids is 1. The van der Waals surface area contributed by atoms with Gasteiger partial charge in [-0.3, -0.25) is 9.36 Å². The Morgan fingerprint density at radius 1 is 1.58 bits per heavy atom. The highest BCUT2D eigenvalue weighted by atomic mass is 79.9. The minimum Gasteiger partial charge on any atom is -0.481 e. The lowest BCUT2D eigenvalue weighted by molar-refractivity contribution is -0.133. The number of aryl methyl sites for hydroxylation is 1. The van der Waals surface area contributed by atoms with Gasteiger partial charge in [0.2, 0.25) is 0 Å². The van der Waals surface area contributed by atoms with Crippen LogP contribution in [0.3, 0.4) is 0 Å². The Bertz CT molecular complexity index is 630. The lowest BCUT2D eigenvalue weighted by Gasteiger charge is -2.09. The van der Waals surface area contributed by atoms with E-state index >= 15 is 0 Å². The number of hydrogen-bond acceptors (Lipinski definition) is 3. The van der Waals surface area contributed by atoms with Crippen molar-refractivity contribution in [3.63, 3.8) is 0 Å². The van der Waals surface area contributed by atoms with E-state index in [0.717, 1.165) is 15.9 Å². The summed E-state index contributed by atoms with van der Waals surface area (Å²) in [7, 11) is 0. The molecule has 0 aliphatic heterocycles. The summed E-state index contributed by atoms with van der Waals surface area (Å²) in [5.74, 6) is -0.906. The number of halogens is 2. The van der Waals surface area contributed by atoms with Crippen LogP contribution in [0.5, 0.6) is 0 Å². The van der Waals surface area contributed by atoms with Crippen molar-refractivity contribution < 1.29 is 9.90 Å². The minimum atomic E-state index is -0.873. The maximum Gasteiger partial charge on any atom is 0.313 e. The molecule has 0 unspecified atom stereocenters. The zero-order valence-electron chi connectivity index (χ0n) is 9.93. The van der Waals surface area contributed by atoms with E-state index < -0.39 is 5.97 Å². The Labute approximate surface area is 127 Å². The second-order valence-corrected chi connectivity index (χ2v) is 5.93. The Kier molecular flexibility index (Phi) is 4.54. The van der Waals surface area contributed by atoms with Gasteiger partial charge in [0.1, 0.15) is 0 Å². The van der Waals surface area contributed by atoms with E-state index in [1.54, 1.807) is 6.07 Å². The molecule has 19 heavy (non-hydrogen) atoms. The van der Waals surface area contributed by atoms with Gasteiger partial charge in [0, 0.05) is 6.20 Å². The average molecular weight is 362 g/mol. The van der Waals surface area contributed by atoms with Crippen molar-refractivity contribution in [1.82, 2.24) is 9.55 Å². The number of nitrogens with zero attached hydrogens (tertiary/aromatic N) is 2. The molecule has 100 valence electrons. The fourth-order valence-electron chi connectivity index (χ4n) is 1.55. The zero-order valence-corrected chi connectivity index (χ0v) is 13.1. The van der Waals surface area contributed by atoms with Gasteiger partial charge in [-0.15, -0.1) is 0 Å². The first-order valence-electron chi connectivity index (χ1n) is 5.34. The molecule has 0 saturated heterocycles. The second-order valence-electron chi connectivity index (χ2n) is 3.79. The summed E-state index contributed by atoms with van der Waals surface area (Å²) < 4.78 is 2.59. The van der Waals surface area contributed by atoms with Gasteiger partial charge in [0.05, 0.1) is 26.6 Å². The van der Waals surface area contributed by atoms with E-state index in [2.05, 4.69) is 20.9 Å². The third-order valence-corrected chi connectivity index (χ3v) is 4.62. The van der Waals surface area contributed by atoms with Crippen LogP contribution < -0.4 is 0 Å². The van der Waals surface area contributed by atoms with Crippen LogP contribution in [-0.2, 0) is 4.79 Å². The summed E-state index contributed by atoms with van der Waals surface area (Å²) in [6.07, 6.45) is 1.85. The van der Waals surface area contributed by atoms with Crippen LogP contribution in [0, 0.1) is 6.92 Å². The number of carboxylic acids is 1. The van der Waals surface area contributed by atoms with Gasteiger partial charge in [0.25, 0.3) is 0 Å². The van der Waals surface area contributed by atoms with Gasteiger partial charge in [-0.2, -0.15) is 0 Å². The van der Waals surface area contributed by atoms with E-state index in [1.165, 1.54) is 11.8 Å². The summed E-state index contributed by atoms with van der Waals surface area (Å²) in [6.45, 7) is 1.86. The average Bonchev–Trinajstić information content (AvgIpc) is 2.71. The third kappa shape index (κ3) is 3.32. The molecule has 0 fully saturated rings. The molecule has 0 aliphatic carbocycles. The van der Waals surface area contributed by atoms with Gasteiger partial charge in [0.15, 0.2) is 5.16 Å². The topological polar surface area (TPSA) is 55.1 Å². The summed E-state index contributed by atoms with van der Waals surface area (Å²) >= 11 is 10.7. The van der Waals surface area contributed by atoms with E-state index in [0.29, 0.717) is 10.2 Å². The highest BCUT2D eigenvalue weighted by molar-refractivity contribution is 9.10. The fourth-order valence-corrected chi connectivity index (χ4v) is 2.93. The lowest BCUT2D eigenvalue weighted by atomic mass is 10.3. The molecular weight excluding hydrogens is 352 g/mol. The standard InChI is InChI=1S/C12H10BrClN2O2S/c1-7-5-16(12(15-7)19-6-10(17)18)9-4-2-3-8(14)11(9)13/h2-5H,6H2,1H3,(H,17,18). The number of carbonyl (C=O) groups is 1. The molecule has 2 rings (SSSR count). The number of rotatable bonds is 4. The quantitative estimate of drug-likeness (QED) is 0.842. The van der Waals surface area contributed by atoms with Crippen LogP contribution in [0.1, 0.15) is 5.69 Å². The number of aromatic nitrogens is 2. The highest BCUT2D eigenvalue weighted by Crippen LogP contribution is 2.31. The molecule has 1 aromatic carbocycles. The molecule has 1 aromatic heterocycles. The molecule has 2 aromatic rings. The van der Waals surface area contributed by atoms with Crippen LogP contribution in [0.25, 0.3) is 5.69 Å². The van der Waals surface area contributed by atoms with Crippen molar-refractivity contribution in [2.24, 2.45) is 0 Å². The maximum absolute atomic E-state index is 10.7. The van der Waals surface area contributed by atoms with Gasteiger partial charge in [-0.1, -0.05) is 29.4 Å². The van der Waals surface area contributed by atoms with E-state index in [9.17, 15) is 4.79 Å². The van der Waals surface area contributed by atoms with Crippen molar-refractivity contribution >= 4 is 45.3 Å². The van der Waals surface area contributed by atoms with E-state index in [1.807, 2.05) is 29.8 Å². The Balaban J connectivity index is 2.44. The molecule has 0 amide bonds. The summed E-state index contributed by atoms with van der Waals surface area (Å²) in [4.78, 5) is 15.0. The lowest BCUT2D eigenvalue weighted by Crippen LogP contribution is -2.01. The van der Waals surface area contributed by atoms with Gasteiger partial charge in [-0.05, 0) is 35.0 Å². The number of carboxylic acid groups (broad SMARTS) is 1. The van der Waals surface area contributed by atoms with E-state index in [-0.39, 0.29) is 5.75 Å². The monoisotopic (exact) mass is 360 g/mol. The van der Waals surface area contributed by atoms with Gasteiger partial charge >= 0.3 is 5.97 Å². The fraction of sp³-hybridized carbons (Fsp3) is 0.167. The first-order chi connectivity index (χ1) is 8.99. The maximum atomic E-state index is 10.7. The number of benzene rings is 1. The van der Waals surface area contributed by atoms with Crippen LogP contribution >= 0.6 is 39.3 Å². The number of hydrogen-bond donors (Lipinski definition) is 1. The molecular formula is C12H10BrClN2O2S. The second kappa shape index (κ2) is 5.98. The smallest absolute Gasteiger partial charge is 0.313 e. The van der Waals surface area contributed by atoms with Crippen LogP contribution in [-0.4, -0.2) is 26.4 Å². The molecule has 0 aliphatic rings. The van der Waals surface area contributed by atoms with Crippen molar-refractivity contribution in [2.75, 3.05) is 5.75 Å². The molecule has 4 nitrogen and oxygen atoms in total. The normalized spacial score (nSPS) is 10.7. The molecule has 1 N–H and O–H groups in total. The first kappa shape index (κ1) is 14.4. The third-order valence-electron chi connectivity index (χ3n) is 2.31. The Hall–Kier alpha value is -0.980. The zero-order chi connectivity index (χ0) is 14.0. The SMILES string of the molecule is Cc1cn(-c2cccc(Cl)c2Br)c(SCC(=O)O)n1. The minimum absolute atomic E-state index is 0.0331. The molecule has 0 atom stereocenters. The molecule has 1 heterocycles. The Morgan fingerprint density at radius 3 is 3.00 bits per heavy atom. The van der Waals surface area contributed by atoms with Crippen LogP contribution in [0.4, 0.5) is 0 Å². The number of thioether (sulfide) groups is 1. The Morgan fingerprint density at radius 2 is 2.32 bits per heavy atom. The van der Waals surface area contributed by atoms with E-state index in [4.69, 9.17) is 16.7 Å². The van der Waals surface area contributed by atoms with Gasteiger partial charge in [-0.25, -0.2) is 4.98 Å². The summed E-state index contributed by atoms with van der Waals surface area (Å²) in [6, 6.07) is 5.51. The van der Waals surface area contributed by atoms with Crippen LogP contribution in [0.2, 0.25) is 5.02 Å². The highest BCUT2D eigenvalue weighted by Gasteiger charge is 2.13. The molecule has 7 heteroatoms. The van der Waals surface area contributed by atoms with Crippen LogP contribution in [0.15, 0.2) is 34.0 Å². The number of imidazole rings is 1. The predicted octanol–water partition coefficient (Wildman–Crippen LogP) is 3.77. The molecule has 0 radical (unpaired) electrons. The summed E-state index contributed by atoms with van der Waals surface area (Å²) in [5.41, 5.74) is 1.65. The molecule has 0 saturated carbocycles.